The Labute approximate surface area is 400 Å². The number of rotatable bonds is 13. The number of benzene rings is 3. The number of hydrogen-bond donors (Lipinski definition) is 3. The van der Waals surface area contributed by atoms with E-state index in [9.17, 15) is 34.2 Å². The lowest BCUT2D eigenvalue weighted by Crippen LogP contribution is -2.82. The summed E-state index contributed by atoms with van der Waals surface area (Å²) in [5.41, 5.74) is -7.28. The van der Waals surface area contributed by atoms with Gasteiger partial charge in [0.1, 0.15) is 36.0 Å². The van der Waals surface area contributed by atoms with Crippen LogP contribution in [0, 0.1) is 16.7 Å². The molecule has 3 aromatic rings. The molecule has 3 N–H and O–H groups in total. The summed E-state index contributed by atoms with van der Waals surface area (Å²) in [6.45, 7) is 9.50. The maximum absolute atomic E-state index is 15.7. The van der Waals surface area contributed by atoms with Crippen molar-refractivity contribution in [3.05, 3.63) is 119 Å². The fraction of sp³-hybridized carbons (Fsp3) is 0.481. The Morgan fingerprint density at radius 1 is 0.812 bits per heavy atom. The van der Waals surface area contributed by atoms with Gasteiger partial charge in [0, 0.05) is 37.7 Å². The highest BCUT2D eigenvalue weighted by molar-refractivity contribution is 5.96. The minimum Gasteiger partial charge on any atom is -0.455 e. The molecule has 0 radical (unpaired) electrons. The van der Waals surface area contributed by atoms with Gasteiger partial charge in [-0.15, -0.1) is 0 Å². The fourth-order valence-electron chi connectivity index (χ4n) is 10.7. The number of ketones is 1. The molecule has 0 aromatic heterocycles. The first-order chi connectivity index (χ1) is 32.5. The maximum Gasteiger partial charge on any atom is 0.350 e. The second-order valence-corrected chi connectivity index (χ2v) is 19.4. The van der Waals surface area contributed by atoms with Gasteiger partial charge in [0.25, 0.3) is 5.91 Å². The molecule has 3 aliphatic carbocycles. The van der Waals surface area contributed by atoms with Crippen molar-refractivity contribution in [1.29, 1.82) is 0 Å². The first kappa shape index (κ1) is 50.6. The molecular formula is C52H60N2O15. The molecule has 17 nitrogen and oxygen atoms in total. The van der Waals surface area contributed by atoms with Crippen LogP contribution in [0.15, 0.2) is 102 Å². The van der Waals surface area contributed by atoms with Crippen LogP contribution in [0.25, 0.3) is 0 Å². The van der Waals surface area contributed by atoms with Crippen molar-refractivity contribution < 1.29 is 72.2 Å². The second-order valence-electron chi connectivity index (χ2n) is 19.4. The van der Waals surface area contributed by atoms with Gasteiger partial charge in [0.15, 0.2) is 17.5 Å². The van der Waals surface area contributed by atoms with Gasteiger partial charge in [0.05, 0.1) is 29.6 Å². The SMILES string of the molecule is CC(=O)O[C@H]1C(=O)[C@@]2(C)C([C@H](OC(=O)c3ccccc3)[C@]3(O)C[C@H](OC(=O)[C@H](OC(=O)C(C)N(C)C)[C@@H](NC(=O)c4ccccc4)c4ccccc4)C(C)=C1C3(C)C)[C@]1(OC(C)=O)CO[C@@H]1C[C@@H]2O. The Morgan fingerprint density at radius 2 is 1.39 bits per heavy atom. The van der Waals surface area contributed by atoms with Crippen molar-refractivity contribution in [1.82, 2.24) is 10.2 Å². The summed E-state index contributed by atoms with van der Waals surface area (Å²) in [5, 5.41) is 29.0. The smallest absolute Gasteiger partial charge is 0.350 e. The Bertz CT molecular complexity index is 2510. The molecular weight excluding hydrogens is 893 g/mol. The van der Waals surface area contributed by atoms with Gasteiger partial charge in [-0.2, -0.15) is 0 Å². The van der Waals surface area contributed by atoms with Gasteiger partial charge in [-0.1, -0.05) is 80.6 Å². The van der Waals surface area contributed by atoms with Gasteiger partial charge in [-0.25, -0.2) is 9.59 Å². The summed E-state index contributed by atoms with van der Waals surface area (Å²) in [5.74, 6) is -7.77. The molecule has 2 bridgehead atoms. The molecule has 4 aliphatic rings. The molecule has 2 saturated carbocycles. The molecule has 368 valence electrons. The Morgan fingerprint density at radius 3 is 1.93 bits per heavy atom. The first-order valence-electron chi connectivity index (χ1n) is 22.9. The molecule has 3 fully saturated rings. The van der Waals surface area contributed by atoms with E-state index in [1.807, 2.05) is 0 Å². The van der Waals surface area contributed by atoms with Gasteiger partial charge in [-0.3, -0.25) is 28.9 Å². The summed E-state index contributed by atoms with van der Waals surface area (Å²) in [4.78, 5) is 101. The summed E-state index contributed by atoms with van der Waals surface area (Å²) < 4.78 is 36.9. The van der Waals surface area contributed by atoms with E-state index in [2.05, 4.69) is 5.32 Å². The van der Waals surface area contributed by atoms with Crippen LogP contribution in [-0.4, -0.2) is 131 Å². The van der Waals surface area contributed by atoms with Crippen molar-refractivity contribution >= 4 is 41.5 Å². The Kier molecular flexibility index (Phi) is 14.1. The largest absolute Gasteiger partial charge is 0.455 e. The lowest BCUT2D eigenvalue weighted by molar-refractivity contribution is -0.346. The summed E-state index contributed by atoms with van der Waals surface area (Å²) in [6, 6.07) is 22.1. The third-order valence-corrected chi connectivity index (χ3v) is 14.8. The number of ether oxygens (including phenoxy) is 6. The topological polar surface area (TPSA) is 231 Å². The number of esters is 5. The van der Waals surface area contributed by atoms with E-state index < -0.39 is 125 Å². The average molecular weight is 953 g/mol. The molecule has 12 atom stereocenters. The molecule has 1 heterocycles. The standard InChI is InChI=1S/C52H60N2O15/c1-28-35(66-48(62)41(67-46(60)29(2)54(8)9)39(32-19-13-10-14-20-32)53-45(59)33-21-15-11-16-22-33)26-52(63)44(68-47(61)34-23-17-12-18-24-34)42-50(7,36(57)25-37-51(42,27-64-37)69-31(4)56)43(58)40(65-30(3)55)38(28)49(52,5)6/h10-24,29,35-37,39-42,44,57,63H,25-27H2,1-9H3,(H,53,59)/t29?,35-,36-,37+,39-,40+,41+,42?,44-,50+,51-,52+/m0/s1. The molecule has 0 spiro atoms. The second kappa shape index (κ2) is 19.3. The lowest BCUT2D eigenvalue weighted by Gasteiger charge is -2.67. The third kappa shape index (κ3) is 8.97. The van der Waals surface area contributed by atoms with Crippen LogP contribution in [-0.2, 0) is 52.4 Å². The fourth-order valence-corrected chi connectivity index (χ4v) is 10.7. The zero-order chi connectivity index (χ0) is 50.4. The van der Waals surface area contributed by atoms with E-state index in [1.165, 1.54) is 26.0 Å². The minimum atomic E-state index is -2.45. The monoisotopic (exact) mass is 952 g/mol. The number of hydrogen-bond acceptors (Lipinski definition) is 16. The van der Waals surface area contributed by atoms with Gasteiger partial charge in [0.2, 0.25) is 6.10 Å². The van der Waals surface area contributed by atoms with E-state index in [0.717, 1.165) is 13.8 Å². The van der Waals surface area contributed by atoms with Crippen molar-refractivity contribution in [2.45, 2.75) is 121 Å². The summed E-state index contributed by atoms with van der Waals surface area (Å²) in [6.07, 6.45) is -10.6. The number of likely N-dealkylation sites (N-methyl/N-ethyl adjacent to an activating group) is 1. The molecule has 3 aromatic carbocycles. The Hall–Kier alpha value is -6.27. The zero-order valence-electron chi connectivity index (χ0n) is 40.1. The quantitative estimate of drug-likeness (QED) is 0.124. The molecule has 7 rings (SSSR count). The van der Waals surface area contributed by atoms with Crippen LogP contribution in [0.3, 0.4) is 0 Å². The van der Waals surface area contributed by atoms with Gasteiger partial charge in [-0.05, 0) is 75.8 Å². The molecule has 1 aliphatic heterocycles. The van der Waals surface area contributed by atoms with E-state index in [-0.39, 0.29) is 35.3 Å². The van der Waals surface area contributed by atoms with Crippen LogP contribution < -0.4 is 5.32 Å². The normalized spacial score (nSPS) is 30.3. The van der Waals surface area contributed by atoms with Crippen molar-refractivity contribution in [2.75, 3.05) is 20.7 Å². The predicted molar refractivity (Wildman–Crippen MR) is 245 cm³/mol. The van der Waals surface area contributed by atoms with Crippen molar-refractivity contribution in [3.8, 4) is 0 Å². The first-order valence-corrected chi connectivity index (χ1v) is 22.9. The molecule has 2 unspecified atom stereocenters. The minimum absolute atomic E-state index is 0.0258. The molecule has 17 heteroatoms. The summed E-state index contributed by atoms with van der Waals surface area (Å²) in [7, 11) is 3.27. The van der Waals surface area contributed by atoms with E-state index >= 15 is 9.59 Å². The summed E-state index contributed by atoms with van der Waals surface area (Å²) >= 11 is 0. The number of amides is 1. The van der Waals surface area contributed by atoms with Crippen LogP contribution in [0.5, 0.6) is 0 Å². The third-order valence-electron chi connectivity index (χ3n) is 14.8. The number of aliphatic hydroxyl groups is 2. The van der Waals surface area contributed by atoms with Gasteiger partial charge < -0.3 is 44.0 Å². The zero-order valence-corrected chi connectivity index (χ0v) is 40.1. The van der Waals surface area contributed by atoms with Crippen molar-refractivity contribution in [3.63, 3.8) is 0 Å². The number of nitrogens with one attached hydrogen (secondary N) is 1. The number of aliphatic hydroxyl groups excluding tert-OH is 1. The number of carbonyl (C=O) groups excluding carboxylic acids is 7. The lowest BCUT2D eigenvalue weighted by atomic mass is 9.44. The molecule has 1 amide bonds. The highest BCUT2D eigenvalue weighted by Gasteiger charge is 2.78. The van der Waals surface area contributed by atoms with Crippen LogP contribution in [0.2, 0.25) is 0 Å². The van der Waals surface area contributed by atoms with Crippen LogP contribution in [0.4, 0.5) is 0 Å². The average Bonchev–Trinajstić information content (AvgIpc) is 3.31. The van der Waals surface area contributed by atoms with Crippen LogP contribution >= 0.6 is 0 Å². The number of nitrogens with zero attached hydrogens (tertiary/aromatic N) is 1. The van der Waals surface area contributed by atoms with Crippen molar-refractivity contribution in [2.24, 2.45) is 16.7 Å². The molecule has 1 saturated heterocycles. The maximum atomic E-state index is 15.7. The Balaban J connectivity index is 1.43. The predicted octanol–water partition coefficient (Wildman–Crippen LogP) is 4.24. The number of carbonyl (C=O) groups is 7. The van der Waals surface area contributed by atoms with E-state index in [0.29, 0.717) is 5.56 Å². The number of fused-ring (bicyclic) bond motifs is 5. The van der Waals surface area contributed by atoms with Crippen LogP contribution in [0.1, 0.15) is 93.6 Å². The van der Waals surface area contributed by atoms with Gasteiger partial charge >= 0.3 is 29.8 Å². The molecule has 69 heavy (non-hydrogen) atoms. The highest BCUT2D eigenvalue weighted by Crippen LogP contribution is 2.64. The highest BCUT2D eigenvalue weighted by atomic mass is 16.6. The number of Topliss-reactive ketones (excluding diaryl/α,β-unsaturated/α-hetero) is 1. The van der Waals surface area contributed by atoms with E-state index in [1.54, 1.807) is 119 Å². The van der Waals surface area contributed by atoms with E-state index in [4.69, 9.17) is 28.4 Å².